The van der Waals surface area contributed by atoms with Crippen molar-refractivity contribution >= 4 is 11.6 Å². The van der Waals surface area contributed by atoms with Gasteiger partial charge in [0, 0.05) is 12.7 Å². The molecule has 94 valence electrons. The second-order valence-corrected chi connectivity index (χ2v) is 3.81. The van der Waals surface area contributed by atoms with Gasteiger partial charge in [0.2, 0.25) is 0 Å². The molecule has 0 spiro atoms. The Morgan fingerprint density at radius 1 is 1.44 bits per heavy atom. The number of carbonyl (C=O) groups excluding carboxylic acids is 1. The second-order valence-electron chi connectivity index (χ2n) is 3.81. The van der Waals surface area contributed by atoms with Crippen LogP contribution in [0.15, 0.2) is 36.7 Å². The van der Waals surface area contributed by atoms with Crippen LogP contribution in [0.3, 0.4) is 0 Å². The molecule has 1 heterocycles. The first kappa shape index (κ1) is 12.0. The van der Waals surface area contributed by atoms with E-state index < -0.39 is 0 Å². The molecule has 1 amide bonds. The highest BCUT2D eigenvalue weighted by atomic mass is 16.3. The number of nitrogen functional groups attached to an aromatic ring is 1. The van der Waals surface area contributed by atoms with E-state index >= 15 is 0 Å². The van der Waals surface area contributed by atoms with Crippen LogP contribution in [0.2, 0.25) is 0 Å². The summed E-state index contributed by atoms with van der Waals surface area (Å²) in [6, 6.07) is 6.40. The zero-order valence-corrected chi connectivity index (χ0v) is 9.71. The summed E-state index contributed by atoms with van der Waals surface area (Å²) in [5, 5.41) is 16.2. The number of phenolic OH excluding ortho intramolecular Hbond substituents is 1. The van der Waals surface area contributed by atoms with Crippen molar-refractivity contribution in [2.45, 2.75) is 6.54 Å². The van der Waals surface area contributed by atoms with Crippen molar-refractivity contribution < 1.29 is 9.90 Å². The molecule has 2 rings (SSSR count). The summed E-state index contributed by atoms with van der Waals surface area (Å²) in [6.07, 6.45) is 3.23. The van der Waals surface area contributed by atoms with Crippen LogP contribution >= 0.6 is 0 Å². The van der Waals surface area contributed by atoms with E-state index in [1.807, 2.05) is 0 Å². The van der Waals surface area contributed by atoms with Crippen molar-refractivity contribution in [3.8, 4) is 5.75 Å². The van der Waals surface area contributed by atoms with Gasteiger partial charge in [0.05, 0.1) is 24.0 Å². The van der Waals surface area contributed by atoms with Gasteiger partial charge in [0.1, 0.15) is 5.75 Å². The molecular formula is C12H14N4O2. The van der Waals surface area contributed by atoms with Crippen molar-refractivity contribution in [2.24, 2.45) is 0 Å². The molecule has 0 saturated carbocycles. The maximum atomic E-state index is 11.7. The molecule has 1 aromatic carbocycles. The van der Waals surface area contributed by atoms with Crippen molar-refractivity contribution in [3.63, 3.8) is 0 Å². The number of nitrogens with one attached hydrogen (secondary N) is 1. The van der Waals surface area contributed by atoms with E-state index in [0.29, 0.717) is 18.8 Å². The fourth-order valence-corrected chi connectivity index (χ4v) is 1.55. The third-order valence-corrected chi connectivity index (χ3v) is 2.43. The average molecular weight is 246 g/mol. The van der Waals surface area contributed by atoms with Crippen LogP contribution in [-0.2, 0) is 6.54 Å². The van der Waals surface area contributed by atoms with Gasteiger partial charge in [-0.1, -0.05) is 12.1 Å². The highest BCUT2D eigenvalue weighted by Crippen LogP contribution is 2.14. The lowest BCUT2D eigenvalue weighted by Crippen LogP contribution is -2.27. The summed E-state index contributed by atoms with van der Waals surface area (Å²) in [7, 11) is 0. The van der Waals surface area contributed by atoms with E-state index in [0.717, 1.165) is 0 Å². The molecule has 0 radical (unpaired) electrons. The largest absolute Gasteiger partial charge is 0.507 e. The molecule has 18 heavy (non-hydrogen) atoms. The summed E-state index contributed by atoms with van der Waals surface area (Å²) in [5.74, 6) is -0.341. The molecule has 0 aliphatic heterocycles. The standard InChI is InChI=1S/C12H14N4O2/c13-9-7-15-16(8-9)6-5-14-12(18)10-3-1-2-4-11(10)17/h1-4,7-8,17H,5-6,13H2,(H,14,18). The molecule has 0 fully saturated rings. The Balaban J connectivity index is 1.87. The highest BCUT2D eigenvalue weighted by Gasteiger charge is 2.08. The Bertz CT molecular complexity index is 551. The monoisotopic (exact) mass is 246 g/mol. The quantitative estimate of drug-likeness (QED) is 0.736. The number of hydrogen-bond donors (Lipinski definition) is 3. The van der Waals surface area contributed by atoms with Crippen molar-refractivity contribution in [3.05, 3.63) is 42.2 Å². The van der Waals surface area contributed by atoms with Crippen molar-refractivity contribution in [1.82, 2.24) is 15.1 Å². The van der Waals surface area contributed by atoms with Gasteiger partial charge in [-0.2, -0.15) is 5.10 Å². The van der Waals surface area contributed by atoms with E-state index in [1.54, 1.807) is 35.3 Å². The molecule has 2 aromatic rings. The zero-order valence-electron chi connectivity index (χ0n) is 9.71. The molecular weight excluding hydrogens is 232 g/mol. The normalized spacial score (nSPS) is 10.2. The van der Waals surface area contributed by atoms with Gasteiger partial charge in [0.25, 0.3) is 5.91 Å². The first-order valence-electron chi connectivity index (χ1n) is 5.51. The lowest BCUT2D eigenvalue weighted by molar-refractivity contribution is 0.0949. The molecule has 6 nitrogen and oxygen atoms in total. The number of benzene rings is 1. The fourth-order valence-electron chi connectivity index (χ4n) is 1.55. The third-order valence-electron chi connectivity index (χ3n) is 2.43. The third kappa shape index (κ3) is 2.79. The molecule has 4 N–H and O–H groups in total. The number of amides is 1. The van der Waals surface area contributed by atoms with Crippen LogP contribution in [0.25, 0.3) is 0 Å². The van der Waals surface area contributed by atoms with Gasteiger partial charge in [0.15, 0.2) is 0 Å². The Hall–Kier alpha value is -2.50. The number of rotatable bonds is 4. The van der Waals surface area contributed by atoms with Gasteiger partial charge in [-0.05, 0) is 12.1 Å². The molecule has 0 unspecified atom stereocenters. The molecule has 0 saturated heterocycles. The van der Waals surface area contributed by atoms with Gasteiger partial charge in [-0.25, -0.2) is 0 Å². The lowest BCUT2D eigenvalue weighted by Gasteiger charge is -2.06. The van der Waals surface area contributed by atoms with E-state index in [2.05, 4.69) is 10.4 Å². The first-order valence-corrected chi connectivity index (χ1v) is 5.51. The van der Waals surface area contributed by atoms with Crippen LogP contribution < -0.4 is 11.1 Å². The van der Waals surface area contributed by atoms with Crippen LogP contribution in [0.5, 0.6) is 5.75 Å². The molecule has 6 heteroatoms. The topological polar surface area (TPSA) is 93.2 Å². The van der Waals surface area contributed by atoms with Crippen molar-refractivity contribution in [2.75, 3.05) is 12.3 Å². The molecule has 0 atom stereocenters. The minimum Gasteiger partial charge on any atom is -0.507 e. The number of phenols is 1. The van der Waals surface area contributed by atoms with Gasteiger partial charge >= 0.3 is 0 Å². The van der Waals surface area contributed by atoms with Gasteiger partial charge < -0.3 is 16.2 Å². The van der Waals surface area contributed by atoms with E-state index in [-0.39, 0.29) is 17.2 Å². The Kier molecular flexibility index (Phi) is 3.47. The summed E-state index contributed by atoms with van der Waals surface area (Å²) < 4.78 is 1.64. The number of para-hydroxylation sites is 1. The van der Waals surface area contributed by atoms with E-state index in [1.165, 1.54) is 6.07 Å². The molecule has 0 aliphatic carbocycles. The number of hydrogen-bond acceptors (Lipinski definition) is 4. The number of nitrogens with zero attached hydrogens (tertiary/aromatic N) is 2. The summed E-state index contributed by atoms with van der Waals surface area (Å²) >= 11 is 0. The molecule has 0 aliphatic rings. The smallest absolute Gasteiger partial charge is 0.255 e. The zero-order chi connectivity index (χ0) is 13.0. The minimum absolute atomic E-state index is 0.0293. The predicted octanol–water partition coefficient (Wildman–Crippen LogP) is 0.601. The maximum absolute atomic E-state index is 11.7. The average Bonchev–Trinajstić information content (AvgIpc) is 2.75. The lowest BCUT2D eigenvalue weighted by atomic mass is 10.2. The van der Waals surface area contributed by atoms with Gasteiger partial charge in [-0.3, -0.25) is 9.48 Å². The Morgan fingerprint density at radius 2 is 2.22 bits per heavy atom. The molecule has 0 bridgehead atoms. The summed E-state index contributed by atoms with van der Waals surface area (Å²) in [4.78, 5) is 11.7. The SMILES string of the molecule is Nc1cnn(CCNC(=O)c2ccccc2O)c1. The fraction of sp³-hybridized carbons (Fsp3) is 0.167. The first-order chi connectivity index (χ1) is 8.66. The predicted molar refractivity (Wildman–Crippen MR) is 67.1 cm³/mol. The minimum atomic E-state index is -0.312. The highest BCUT2D eigenvalue weighted by molar-refractivity contribution is 5.96. The van der Waals surface area contributed by atoms with Crippen LogP contribution in [0, 0.1) is 0 Å². The Morgan fingerprint density at radius 3 is 2.89 bits per heavy atom. The van der Waals surface area contributed by atoms with E-state index in [9.17, 15) is 9.90 Å². The molecule has 1 aromatic heterocycles. The maximum Gasteiger partial charge on any atom is 0.255 e. The number of anilines is 1. The number of carbonyl (C=O) groups is 1. The van der Waals surface area contributed by atoms with Crippen LogP contribution in [0.1, 0.15) is 10.4 Å². The second kappa shape index (κ2) is 5.22. The number of aromatic hydroxyl groups is 1. The Labute approximate surface area is 104 Å². The van der Waals surface area contributed by atoms with Gasteiger partial charge in [-0.15, -0.1) is 0 Å². The number of aromatic nitrogens is 2. The van der Waals surface area contributed by atoms with Crippen molar-refractivity contribution in [1.29, 1.82) is 0 Å². The number of nitrogens with two attached hydrogens (primary N) is 1. The van der Waals surface area contributed by atoms with Crippen LogP contribution in [-0.4, -0.2) is 27.3 Å². The summed E-state index contributed by atoms with van der Waals surface area (Å²) in [6.45, 7) is 0.935. The van der Waals surface area contributed by atoms with Crippen LogP contribution in [0.4, 0.5) is 5.69 Å². The van der Waals surface area contributed by atoms with E-state index in [4.69, 9.17) is 5.73 Å². The summed E-state index contributed by atoms with van der Waals surface area (Å²) in [5.41, 5.74) is 6.36.